The van der Waals surface area contributed by atoms with Crippen LogP contribution in [0.2, 0.25) is 5.28 Å². The number of rotatable bonds is 6. The van der Waals surface area contributed by atoms with Crippen LogP contribution in [0, 0.1) is 6.92 Å². The molecule has 1 N–H and O–H groups in total. The minimum atomic E-state index is -0.420. The van der Waals surface area contributed by atoms with Gasteiger partial charge in [-0.2, -0.15) is 0 Å². The van der Waals surface area contributed by atoms with Crippen LogP contribution in [0.5, 0.6) is 0 Å². The van der Waals surface area contributed by atoms with Gasteiger partial charge >= 0.3 is 5.97 Å². The number of carbonyl (C=O) groups is 1. The lowest BCUT2D eigenvalue weighted by Gasteiger charge is -2.12. The van der Waals surface area contributed by atoms with E-state index in [2.05, 4.69) is 29.0 Å². The molecular formula is C19H25ClN2O3. The number of esters is 1. The normalized spacial score (nSPS) is 11.2. The molecule has 0 saturated carbocycles. The standard InChI is InChI=1S/C11H16O.C8H9ClN2O2/c1-2-6-11(9-12)10-7-4-3-5-8-10;1-3-13-7(12)6-4-10-8(9)11-5(6)2/h3-5,7-8,11-12H,2,6,9H2,1H3;4H,3H2,1-2H3. The number of aromatic nitrogens is 2. The Labute approximate surface area is 154 Å². The zero-order valence-corrected chi connectivity index (χ0v) is 15.7. The highest BCUT2D eigenvalue weighted by Gasteiger charge is 2.11. The second kappa shape index (κ2) is 11.6. The van der Waals surface area contributed by atoms with Crippen LogP contribution in [0.4, 0.5) is 0 Å². The molecule has 0 saturated heterocycles. The highest BCUT2D eigenvalue weighted by atomic mass is 35.5. The summed E-state index contributed by atoms with van der Waals surface area (Å²) in [5.41, 5.74) is 2.13. The summed E-state index contributed by atoms with van der Waals surface area (Å²) in [5, 5.41) is 9.24. The summed E-state index contributed by atoms with van der Waals surface area (Å²) in [5.74, 6) is -0.0899. The smallest absolute Gasteiger partial charge is 0.341 e. The zero-order chi connectivity index (χ0) is 18.7. The fourth-order valence-electron chi connectivity index (χ4n) is 2.28. The van der Waals surface area contributed by atoms with Gasteiger partial charge in [-0.05, 0) is 37.4 Å². The molecule has 0 amide bonds. The molecule has 2 aromatic rings. The molecule has 1 atom stereocenters. The third-order valence-electron chi connectivity index (χ3n) is 3.57. The van der Waals surface area contributed by atoms with Crippen LogP contribution in [0.3, 0.4) is 0 Å². The first-order valence-corrected chi connectivity index (χ1v) is 8.73. The topological polar surface area (TPSA) is 72.3 Å². The summed E-state index contributed by atoms with van der Waals surface area (Å²) in [6.07, 6.45) is 3.56. The van der Waals surface area contributed by atoms with E-state index < -0.39 is 5.97 Å². The Balaban J connectivity index is 0.000000251. The third-order valence-corrected chi connectivity index (χ3v) is 3.76. The molecule has 5 nitrogen and oxygen atoms in total. The molecule has 0 aliphatic carbocycles. The molecule has 136 valence electrons. The number of hydrogen-bond acceptors (Lipinski definition) is 5. The maximum atomic E-state index is 11.2. The minimum Gasteiger partial charge on any atom is -0.462 e. The maximum absolute atomic E-state index is 11.2. The molecule has 0 bridgehead atoms. The maximum Gasteiger partial charge on any atom is 0.341 e. The first-order valence-electron chi connectivity index (χ1n) is 8.35. The van der Waals surface area contributed by atoms with Crippen molar-refractivity contribution < 1.29 is 14.6 Å². The van der Waals surface area contributed by atoms with Crippen LogP contribution in [0.25, 0.3) is 0 Å². The fourth-order valence-corrected chi connectivity index (χ4v) is 2.46. The lowest BCUT2D eigenvalue weighted by molar-refractivity contribution is 0.0524. The second-order valence-electron chi connectivity index (χ2n) is 5.44. The van der Waals surface area contributed by atoms with Crippen molar-refractivity contribution in [1.82, 2.24) is 9.97 Å². The van der Waals surface area contributed by atoms with Gasteiger partial charge in [0.1, 0.15) is 0 Å². The van der Waals surface area contributed by atoms with E-state index in [1.54, 1.807) is 13.8 Å². The quantitative estimate of drug-likeness (QED) is 0.615. The monoisotopic (exact) mass is 364 g/mol. The van der Waals surface area contributed by atoms with Crippen LogP contribution in [0.15, 0.2) is 36.5 Å². The van der Waals surface area contributed by atoms with E-state index in [0.717, 1.165) is 12.8 Å². The van der Waals surface area contributed by atoms with Gasteiger partial charge < -0.3 is 9.84 Å². The van der Waals surface area contributed by atoms with Crippen molar-refractivity contribution in [3.63, 3.8) is 0 Å². The fraction of sp³-hybridized carbons (Fsp3) is 0.421. The number of aliphatic hydroxyl groups excluding tert-OH is 1. The van der Waals surface area contributed by atoms with Crippen LogP contribution in [-0.2, 0) is 4.74 Å². The predicted molar refractivity (Wildman–Crippen MR) is 98.9 cm³/mol. The molecule has 0 spiro atoms. The van der Waals surface area contributed by atoms with Crippen molar-refractivity contribution in [2.24, 2.45) is 0 Å². The van der Waals surface area contributed by atoms with Crippen molar-refractivity contribution in [1.29, 1.82) is 0 Å². The largest absolute Gasteiger partial charge is 0.462 e. The van der Waals surface area contributed by atoms with Crippen LogP contribution < -0.4 is 0 Å². The number of nitrogens with zero attached hydrogens (tertiary/aromatic N) is 2. The Morgan fingerprint density at radius 2 is 1.96 bits per heavy atom. The Kier molecular flexibility index (Phi) is 9.73. The summed E-state index contributed by atoms with van der Waals surface area (Å²) in [4.78, 5) is 18.8. The van der Waals surface area contributed by atoms with Gasteiger partial charge in [0.25, 0.3) is 0 Å². The van der Waals surface area contributed by atoms with E-state index in [4.69, 9.17) is 21.4 Å². The lowest BCUT2D eigenvalue weighted by Crippen LogP contribution is -2.08. The molecule has 1 unspecified atom stereocenters. The van der Waals surface area contributed by atoms with Crippen LogP contribution >= 0.6 is 11.6 Å². The number of halogens is 1. The number of carbonyl (C=O) groups excluding carboxylic acids is 1. The Hall–Kier alpha value is -1.98. The van der Waals surface area contributed by atoms with E-state index in [1.165, 1.54) is 11.8 Å². The third kappa shape index (κ3) is 7.20. The summed E-state index contributed by atoms with van der Waals surface area (Å²) in [6.45, 7) is 6.16. The zero-order valence-electron chi connectivity index (χ0n) is 14.9. The van der Waals surface area contributed by atoms with Gasteiger partial charge in [-0.3, -0.25) is 0 Å². The molecule has 2 rings (SSSR count). The van der Waals surface area contributed by atoms with Gasteiger partial charge in [0.2, 0.25) is 5.28 Å². The van der Waals surface area contributed by atoms with Crippen molar-refractivity contribution in [2.75, 3.05) is 13.2 Å². The summed E-state index contributed by atoms with van der Waals surface area (Å²) >= 11 is 5.52. The van der Waals surface area contributed by atoms with E-state index in [9.17, 15) is 4.79 Å². The second-order valence-corrected chi connectivity index (χ2v) is 5.78. The molecule has 1 aromatic carbocycles. The van der Waals surface area contributed by atoms with Crippen molar-refractivity contribution >= 4 is 17.6 Å². The summed E-state index contributed by atoms with van der Waals surface area (Å²) < 4.78 is 4.79. The molecule has 0 aliphatic heterocycles. The van der Waals surface area contributed by atoms with E-state index in [0.29, 0.717) is 23.8 Å². The number of hydrogen-bond donors (Lipinski definition) is 1. The predicted octanol–water partition coefficient (Wildman–Crippen LogP) is 4.18. The molecule has 1 aromatic heterocycles. The molecule has 0 fully saturated rings. The molecule has 25 heavy (non-hydrogen) atoms. The minimum absolute atomic E-state index is 0.130. The van der Waals surface area contributed by atoms with E-state index in [-0.39, 0.29) is 11.9 Å². The number of benzene rings is 1. The van der Waals surface area contributed by atoms with Crippen molar-refractivity contribution in [3.05, 3.63) is 58.6 Å². The van der Waals surface area contributed by atoms with Crippen LogP contribution in [-0.4, -0.2) is 34.3 Å². The number of aliphatic hydroxyl groups is 1. The Bertz CT molecular complexity index is 650. The number of ether oxygens (including phenoxy) is 1. The Morgan fingerprint density at radius 1 is 1.28 bits per heavy atom. The lowest BCUT2D eigenvalue weighted by atomic mass is 9.96. The first kappa shape index (κ1) is 21.1. The van der Waals surface area contributed by atoms with Gasteiger partial charge in [0, 0.05) is 18.7 Å². The number of aryl methyl sites for hydroxylation is 1. The van der Waals surface area contributed by atoms with Gasteiger partial charge in [0.15, 0.2) is 0 Å². The van der Waals surface area contributed by atoms with E-state index in [1.807, 2.05) is 18.2 Å². The van der Waals surface area contributed by atoms with Gasteiger partial charge in [-0.15, -0.1) is 0 Å². The SMILES string of the molecule is CCCC(CO)c1ccccc1.CCOC(=O)c1cnc(Cl)nc1C. The molecule has 1 heterocycles. The molecule has 0 radical (unpaired) electrons. The van der Waals surface area contributed by atoms with Crippen LogP contribution in [0.1, 0.15) is 54.2 Å². The molecule has 6 heteroatoms. The molecule has 0 aliphatic rings. The average molecular weight is 365 g/mol. The summed E-state index contributed by atoms with van der Waals surface area (Å²) in [7, 11) is 0. The first-order chi connectivity index (χ1) is 12.0. The Morgan fingerprint density at radius 3 is 2.48 bits per heavy atom. The highest BCUT2D eigenvalue weighted by Crippen LogP contribution is 2.19. The van der Waals surface area contributed by atoms with Gasteiger partial charge in [-0.25, -0.2) is 14.8 Å². The van der Waals surface area contributed by atoms with Gasteiger partial charge in [-0.1, -0.05) is 43.7 Å². The van der Waals surface area contributed by atoms with Crippen molar-refractivity contribution in [3.8, 4) is 0 Å². The van der Waals surface area contributed by atoms with Gasteiger partial charge in [0.05, 0.1) is 17.9 Å². The van der Waals surface area contributed by atoms with Crippen molar-refractivity contribution in [2.45, 2.75) is 39.5 Å². The summed E-state index contributed by atoms with van der Waals surface area (Å²) in [6, 6.07) is 10.2. The highest BCUT2D eigenvalue weighted by molar-refractivity contribution is 6.28. The average Bonchev–Trinajstić information content (AvgIpc) is 2.61. The molecular weight excluding hydrogens is 340 g/mol. The van der Waals surface area contributed by atoms with E-state index >= 15 is 0 Å².